The number of halogens is 3. The van der Waals surface area contributed by atoms with Crippen LogP contribution in [0.3, 0.4) is 0 Å². The van der Waals surface area contributed by atoms with Gasteiger partial charge in [-0.2, -0.15) is 13.2 Å². The van der Waals surface area contributed by atoms with Crippen molar-refractivity contribution in [1.82, 2.24) is 9.88 Å². The largest absolute Gasteiger partial charge is 0.446 e. The molecule has 3 fully saturated rings. The molecule has 1 saturated heterocycles. The van der Waals surface area contributed by atoms with Crippen LogP contribution in [0.25, 0.3) is 0 Å². The van der Waals surface area contributed by atoms with Gasteiger partial charge in [-0.25, -0.2) is 9.69 Å². The van der Waals surface area contributed by atoms with Crippen LogP contribution in [0.5, 0.6) is 0 Å². The second-order valence-electron chi connectivity index (χ2n) is 9.01. The maximum Gasteiger partial charge on any atom is 0.446 e. The number of carbonyl (C=O) groups is 2. The van der Waals surface area contributed by atoms with Crippen LogP contribution in [0.4, 0.5) is 23.7 Å². The highest BCUT2D eigenvalue weighted by Gasteiger charge is 2.65. The highest BCUT2D eigenvalue weighted by atomic mass is 32.2. The Balaban J connectivity index is 1.36. The first kappa shape index (κ1) is 22.3. The van der Waals surface area contributed by atoms with Gasteiger partial charge in [0.2, 0.25) is 0 Å². The second-order valence-corrected chi connectivity index (χ2v) is 10.1. The van der Waals surface area contributed by atoms with Gasteiger partial charge in [-0.3, -0.25) is 9.78 Å². The maximum absolute atomic E-state index is 13.3. The number of amides is 3. The zero-order valence-electron chi connectivity index (χ0n) is 18.0. The van der Waals surface area contributed by atoms with Crippen LogP contribution in [0.2, 0.25) is 0 Å². The third kappa shape index (κ3) is 4.35. The van der Waals surface area contributed by atoms with E-state index in [1.807, 2.05) is 6.07 Å². The molecule has 0 unspecified atom stereocenters. The SMILES string of the molecule is O=C1N(c2ccc(SC(F)(F)F)cc2)C(=O)C2(CC2)N1Cc1ccnc(C2CCCCC2)c1. The summed E-state index contributed by atoms with van der Waals surface area (Å²) in [6, 6.07) is 8.88. The summed E-state index contributed by atoms with van der Waals surface area (Å²) in [5, 5.41) is 0. The summed E-state index contributed by atoms with van der Waals surface area (Å²) in [5.74, 6) is 0.138. The van der Waals surface area contributed by atoms with E-state index in [0.717, 1.165) is 29.0 Å². The summed E-state index contributed by atoms with van der Waals surface area (Å²) < 4.78 is 37.8. The van der Waals surface area contributed by atoms with Crippen molar-refractivity contribution in [1.29, 1.82) is 0 Å². The molecule has 5 nitrogen and oxygen atoms in total. The zero-order chi connectivity index (χ0) is 23.2. The van der Waals surface area contributed by atoms with E-state index in [2.05, 4.69) is 11.1 Å². The highest BCUT2D eigenvalue weighted by Crippen LogP contribution is 2.50. The zero-order valence-corrected chi connectivity index (χ0v) is 18.8. The van der Waals surface area contributed by atoms with Gasteiger partial charge in [0, 0.05) is 29.2 Å². The van der Waals surface area contributed by atoms with Crippen LogP contribution in [-0.4, -0.2) is 32.9 Å². The lowest BCUT2D eigenvalue weighted by Crippen LogP contribution is -2.36. The molecule has 3 amide bonds. The van der Waals surface area contributed by atoms with Gasteiger partial charge in [-0.1, -0.05) is 19.3 Å². The number of aromatic nitrogens is 1. The molecule has 0 radical (unpaired) electrons. The fourth-order valence-corrected chi connectivity index (χ4v) is 5.50. The first-order chi connectivity index (χ1) is 15.8. The Morgan fingerprint density at radius 2 is 1.73 bits per heavy atom. The Kier molecular flexibility index (Phi) is 5.63. The number of hydrogen-bond donors (Lipinski definition) is 0. The van der Waals surface area contributed by atoms with E-state index in [1.54, 1.807) is 11.1 Å². The number of anilines is 1. The third-order valence-corrected chi connectivity index (χ3v) is 7.54. The molecule has 1 aromatic heterocycles. The van der Waals surface area contributed by atoms with E-state index in [0.29, 0.717) is 31.0 Å². The van der Waals surface area contributed by atoms with Crippen molar-refractivity contribution in [3.63, 3.8) is 0 Å². The molecule has 33 heavy (non-hydrogen) atoms. The Bertz CT molecular complexity index is 1060. The first-order valence-electron chi connectivity index (χ1n) is 11.2. The Labute approximate surface area is 194 Å². The van der Waals surface area contributed by atoms with Gasteiger partial charge >= 0.3 is 11.5 Å². The summed E-state index contributed by atoms with van der Waals surface area (Å²) in [6.45, 7) is 0.311. The number of pyridine rings is 1. The molecule has 9 heteroatoms. The lowest BCUT2D eigenvalue weighted by atomic mass is 9.86. The molecule has 1 spiro atoms. The molecule has 2 saturated carbocycles. The number of alkyl halides is 3. The molecule has 1 aliphatic heterocycles. The van der Waals surface area contributed by atoms with Gasteiger partial charge in [-0.05, 0) is 79.4 Å². The molecule has 0 atom stereocenters. The molecule has 5 rings (SSSR count). The first-order valence-corrected chi connectivity index (χ1v) is 12.1. The summed E-state index contributed by atoms with van der Waals surface area (Å²) in [5.41, 5.74) is -2.95. The standard InChI is InChI=1S/C24H24F3N3O2S/c25-24(26,27)33-19-8-6-18(7-9-19)30-21(31)23(11-12-23)29(22(30)32)15-16-10-13-28-20(14-16)17-4-2-1-3-5-17/h6-10,13-14,17H,1-5,11-12,15H2. The van der Waals surface area contributed by atoms with Gasteiger partial charge in [0.05, 0.1) is 5.69 Å². The minimum Gasteiger partial charge on any atom is -0.305 e. The van der Waals surface area contributed by atoms with E-state index < -0.39 is 17.1 Å². The normalized spacial score (nSPS) is 20.7. The van der Waals surface area contributed by atoms with Gasteiger partial charge < -0.3 is 4.90 Å². The quantitative estimate of drug-likeness (QED) is 0.379. The van der Waals surface area contributed by atoms with Crippen molar-refractivity contribution in [2.75, 3.05) is 4.90 Å². The molecule has 0 N–H and O–H groups in total. The summed E-state index contributed by atoms with van der Waals surface area (Å²) in [7, 11) is 0. The highest BCUT2D eigenvalue weighted by molar-refractivity contribution is 8.00. The number of urea groups is 1. The van der Waals surface area contributed by atoms with Crippen LogP contribution < -0.4 is 4.90 Å². The van der Waals surface area contributed by atoms with Crippen LogP contribution in [0.1, 0.15) is 62.1 Å². The Hall–Kier alpha value is -2.55. The molecule has 174 valence electrons. The monoisotopic (exact) mass is 475 g/mol. The van der Waals surface area contributed by atoms with Crippen molar-refractivity contribution < 1.29 is 22.8 Å². The molecule has 2 aliphatic carbocycles. The molecule has 0 bridgehead atoms. The van der Waals surface area contributed by atoms with Crippen molar-refractivity contribution in [3.05, 3.63) is 53.9 Å². The smallest absolute Gasteiger partial charge is 0.305 e. The van der Waals surface area contributed by atoms with Crippen molar-refractivity contribution in [2.24, 2.45) is 0 Å². The molecule has 1 aromatic carbocycles. The van der Waals surface area contributed by atoms with E-state index in [-0.39, 0.29) is 22.6 Å². The molecule has 3 aliphatic rings. The third-order valence-electron chi connectivity index (χ3n) is 6.80. The lowest BCUT2D eigenvalue weighted by molar-refractivity contribution is -0.120. The van der Waals surface area contributed by atoms with Crippen LogP contribution >= 0.6 is 11.8 Å². The second kappa shape index (κ2) is 8.34. The van der Waals surface area contributed by atoms with Crippen molar-refractivity contribution >= 4 is 29.4 Å². The maximum atomic E-state index is 13.3. The summed E-state index contributed by atoms with van der Waals surface area (Å²) in [4.78, 5) is 33.8. The topological polar surface area (TPSA) is 53.5 Å². The molecule has 2 aromatic rings. The predicted octanol–water partition coefficient (Wildman–Crippen LogP) is 6.24. The van der Waals surface area contributed by atoms with Crippen LogP contribution in [0, 0.1) is 0 Å². The fraction of sp³-hybridized carbons (Fsp3) is 0.458. The average Bonchev–Trinajstić information content (AvgIpc) is 3.57. The Morgan fingerprint density at radius 3 is 2.36 bits per heavy atom. The van der Waals surface area contributed by atoms with Crippen LogP contribution in [-0.2, 0) is 11.3 Å². The van der Waals surface area contributed by atoms with Gasteiger partial charge in [-0.15, -0.1) is 0 Å². The minimum absolute atomic E-state index is 0.00960. The number of benzene rings is 1. The van der Waals surface area contributed by atoms with E-state index in [4.69, 9.17) is 0 Å². The number of rotatable bonds is 5. The number of carbonyl (C=O) groups excluding carboxylic acids is 2. The predicted molar refractivity (Wildman–Crippen MR) is 119 cm³/mol. The van der Waals surface area contributed by atoms with Gasteiger partial charge in [0.25, 0.3) is 5.91 Å². The molecular formula is C24H24F3N3O2S. The number of imide groups is 1. The Morgan fingerprint density at radius 1 is 1.03 bits per heavy atom. The average molecular weight is 476 g/mol. The number of thioether (sulfide) groups is 1. The summed E-state index contributed by atoms with van der Waals surface area (Å²) >= 11 is -0.224. The number of hydrogen-bond acceptors (Lipinski definition) is 4. The van der Waals surface area contributed by atoms with Crippen molar-refractivity contribution in [3.8, 4) is 0 Å². The minimum atomic E-state index is -4.39. The van der Waals surface area contributed by atoms with Gasteiger partial charge in [0.1, 0.15) is 5.54 Å². The van der Waals surface area contributed by atoms with E-state index in [9.17, 15) is 22.8 Å². The van der Waals surface area contributed by atoms with Gasteiger partial charge in [0.15, 0.2) is 0 Å². The lowest BCUT2D eigenvalue weighted by Gasteiger charge is -2.24. The van der Waals surface area contributed by atoms with Crippen molar-refractivity contribution in [2.45, 2.75) is 73.4 Å². The van der Waals surface area contributed by atoms with E-state index >= 15 is 0 Å². The molecule has 2 heterocycles. The number of nitrogens with zero attached hydrogens (tertiary/aromatic N) is 3. The van der Waals surface area contributed by atoms with E-state index in [1.165, 1.54) is 43.5 Å². The molecular weight excluding hydrogens is 451 g/mol. The van der Waals surface area contributed by atoms with Crippen LogP contribution in [0.15, 0.2) is 47.5 Å². The fourth-order valence-electron chi connectivity index (χ4n) is 4.96. The summed E-state index contributed by atoms with van der Waals surface area (Å²) in [6.07, 6.45) is 8.87.